The van der Waals surface area contributed by atoms with Gasteiger partial charge in [-0.2, -0.15) is 0 Å². The number of hydrogen-bond donors (Lipinski definition) is 3. The van der Waals surface area contributed by atoms with E-state index in [9.17, 15) is 14.7 Å². The van der Waals surface area contributed by atoms with Crippen molar-refractivity contribution in [3.8, 4) is 0 Å². The summed E-state index contributed by atoms with van der Waals surface area (Å²) in [6, 6.07) is 5.68. The Kier molecular flexibility index (Phi) is 4.19. The zero-order valence-electron chi connectivity index (χ0n) is 12.9. The largest absolute Gasteiger partial charge is 0.481 e. The van der Waals surface area contributed by atoms with Crippen LogP contribution in [0.15, 0.2) is 28.9 Å². The number of H-pyrrole nitrogens is 1. The zero-order valence-corrected chi connectivity index (χ0v) is 14.4. The minimum absolute atomic E-state index is 0.237. The second-order valence-electron chi connectivity index (χ2n) is 6.37. The maximum atomic E-state index is 12.8. The summed E-state index contributed by atoms with van der Waals surface area (Å²) in [6.07, 6.45) is 4.77. The molecule has 1 amide bonds. The summed E-state index contributed by atoms with van der Waals surface area (Å²) in [5.41, 5.74) is 0.683. The molecule has 5 nitrogen and oxygen atoms in total. The summed E-state index contributed by atoms with van der Waals surface area (Å²) in [5, 5.41) is 13.3. The molecule has 0 spiro atoms. The van der Waals surface area contributed by atoms with Crippen LogP contribution in [0.4, 0.5) is 0 Å². The van der Waals surface area contributed by atoms with Gasteiger partial charge >= 0.3 is 5.97 Å². The number of carboxylic acid groups (broad SMARTS) is 1. The van der Waals surface area contributed by atoms with Gasteiger partial charge in [-0.1, -0.05) is 34.8 Å². The Morgan fingerprint density at radius 3 is 2.91 bits per heavy atom. The molecule has 23 heavy (non-hydrogen) atoms. The molecule has 3 N–H and O–H groups in total. The second-order valence-corrected chi connectivity index (χ2v) is 7.23. The second kappa shape index (κ2) is 6.00. The number of fused-ring (bicyclic) bond motifs is 1. The molecule has 2 aromatic rings. The fourth-order valence-electron chi connectivity index (χ4n) is 3.53. The van der Waals surface area contributed by atoms with Gasteiger partial charge in [0.15, 0.2) is 0 Å². The number of rotatable bonds is 3. The number of aromatic amines is 1. The first-order chi connectivity index (χ1) is 10.9. The van der Waals surface area contributed by atoms with Crippen LogP contribution in [0.3, 0.4) is 0 Å². The molecule has 1 fully saturated rings. The van der Waals surface area contributed by atoms with Gasteiger partial charge in [0.2, 0.25) is 0 Å². The lowest BCUT2D eigenvalue weighted by Crippen LogP contribution is -2.55. The van der Waals surface area contributed by atoms with Crippen LogP contribution >= 0.6 is 15.9 Å². The maximum absolute atomic E-state index is 12.8. The molecule has 2 unspecified atom stereocenters. The third-order valence-electron chi connectivity index (χ3n) is 4.80. The average Bonchev–Trinajstić information content (AvgIpc) is 2.92. The summed E-state index contributed by atoms with van der Waals surface area (Å²) in [6.45, 7) is 1.84. The minimum Gasteiger partial charge on any atom is -0.481 e. The molecular formula is C17H19BrN2O3. The van der Waals surface area contributed by atoms with Gasteiger partial charge < -0.3 is 15.4 Å². The Labute approximate surface area is 142 Å². The van der Waals surface area contributed by atoms with Crippen LogP contribution in [0.25, 0.3) is 10.9 Å². The predicted octanol–water partition coefficient (Wildman–Crippen LogP) is 3.69. The molecule has 3 rings (SSSR count). The van der Waals surface area contributed by atoms with Crippen LogP contribution in [-0.4, -0.2) is 27.5 Å². The van der Waals surface area contributed by atoms with Crippen molar-refractivity contribution in [1.82, 2.24) is 10.3 Å². The molecule has 1 aliphatic carbocycles. The lowest BCUT2D eigenvalue weighted by atomic mass is 9.73. The average molecular weight is 379 g/mol. The quantitative estimate of drug-likeness (QED) is 0.761. The summed E-state index contributed by atoms with van der Waals surface area (Å²) in [7, 11) is 0. The molecule has 0 saturated heterocycles. The van der Waals surface area contributed by atoms with Crippen LogP contribution in [0.1, 0.15) is 43.0 Å². The van der Waals surface area contributed by atoms with Crippen molar-refractivity contribution in [2.75, 3.05) is 0 Å². The number of benzene rings is 1. The van der Waals surface area contributed by atoms with Gasteiger partial charge in [0.1, 0.15) is 0 Å². The Bertz CT molecular complexity index is 770. The summed E-state index contributed by atoms with van der Waals surface area (Å²) >= 11 is 3.47. The van der Waals surface area contributed by atoms with Crippen molar-refractivity contribution in [2.24, 2.45) is 5.92 Å². The standard InChI is InChI=1S/C17H19BrN2O3/c1-17(8-3-2-5-11(17)16(22)23)20-15(21)10-9-19-13-7-4-6-12(18)14(10)13/h4,6-7,9,11,19H,2-3,5,8H2,1H3,(H,20,21)(H,22,23). The molecule has 0 radical (unpaired) electrons. The molecule has 122 valence electrons. The van der Waals surface area contributed by atoms with Crippen molar-refractivity contribution in [2.45, 2.75) is 38.1 Å². The van der Waals surface area contributed by atoms with Crippen molar-refractivity contribution >= 4 is 38.7 Å². The number of carboxylic acids is 1. The molecule has 1 saturated carbocycles. The van der Waals surface area contributed by atoms with Gasteiger partial charge in [-0.05, 0) is 31.9 Å². The number of aromatic nitrogens is 1. The van der Waals surface area contributed by atoms with Crippen LogP contribution < -0.4 is 5.32 Å². The van der Waals surface area contributed by atoms with Crippen molar-refractivity contribution in [1.29, 1.82) is 0 Å². The third-order valence-corrected chi connectivity index (χ3v) is 5.47. The normalized spacial score (nSPS) is 24.5. The number of amides is 1. The highest BCUT2D eigenvalue weighted by Gasteiger charge is 2.42. The first-order valence-electron chi connectivity index (χ1n) is 7.73. The van der Waals surface area contributed by atoms with Gasteiger partial charge in [-0.3, -0.25) is 9.59 Å². The van der Waals surface area contributed by atoms with Gasteiger partial charge in [0.25, 0.3) is 5.91 Å². The summed E-state index contributed by atoms with van der Waals surface area (Å²) in [4.78, 5) is 27.4. The van der Waals surface area contributed by atoms with E-state index in [2.05, 4.69) is 26.2 Å². The number of aliphatic carboxylic acids is 1. The minimum atomic E-state index is -0.840. The molecule has 1 heterocycles. The molecule has 2 atom stereocenters. The lowest BCUT2D eigenvalue weighted by molar-refractivity contribution is -0.145. The maximum Gasteiger partial charge on any atom is 0.308 e. The highest BCUT2D eigenvalue weighted by atomic mass is 79.9. The van der Waals surface area contributed by atoms with E-state index in [0.717, 1.165) is 28.2 Å². The van der Waals surface area contributed by atoms with E-state index in [1.165, 1.54) is 0 Å². The topological polar surface area (TPSA) is 82.2 Å². The van der Waals surface area contributed by atoms with Gasteiger partial charge in [0, 0.05) is 21.6 Å². The van der Waals surface area contributed by atoms with Gasteiger partial charge in [-0.15, -0.1) is 0 Å². The zero-order chi connectivity index (χ0) is 16.6. The van der Waals surface area contributed by atoms with E-state index in [0.29, 0.717) is 18.4 Å². The molecule has 6 heteroatoms. The Hall–Kier alpha value is -1.82. The van der Waals surface area contributed by atoms with Gasteiger partial charge in [0.05, 0.1) is 17.0 Å². The molecule has 1 aromatic carbocycles. The molecular weight excluding hydrogens is 360 g/mol. The van der Waals surface area contributed by atoms with Crippen molar-refractivity contribution < 1.29 is 14.7 Å². The third kappa shape index (κ3) is 2.87. The van der Waals surface area contributed by atoms with Crippen LogP contribution in [0.2, 0.25) is 0 Å². The number of nitrogens with one attached hydrogen (secondary N) is 2. The molecule has 1 aromatic heterocycles. The highest BCUT2D eigenvalue weighted by Crippen LogP contribution is 2.35. The van der Waals surface area contributed by atoms with E-state index in [1.807, 2.05) is 25.1 Å². The van der Waals surface area contributed by atoms with E-state index in [-0.39, 0.29) is 5.91 Å². The first-order valence-corrected chi connectivity index (χ1v) is 8.52. The number of carbonyl (C=O) groups excluding carboxylic acids is 1. The van der Waals surface area contributed by atoms with E-state index >= 15 is 0 Å². The number of hydrogen-bond acceptors (Lipinski definition) is 2. The van der Waals surface area contributed by atoms with Crippen LogP contribution in [0, 0.1) is 5.92 Å². The SMILES string of the molecule is CC1(NC(=O)c2c[nH]c3cccc(Br)c23)CCCCC1C(=O)O. The lowest BCUT2D eigenvalue weighted by Gasteiger charge is -2.39. The van der Waals surface area contributed by atoms with E-state index < -0.39 is 17.4 Å². The molecule has 0 aliphatic heterocycles. The van der Waals surface area contributed by atoms with Crippen LogP contribution in [0.5, 0.6) is 0 Å². The van der Waals surface area contributed by atoms with Crippen molar-refractivity contribution in [3.63, 3.8) is 0 Å². The smallest absolute Gasteiger partial charge is 0.308 e. The van der Waals surface area contributed by atoms with E-state index in [1.54, 1.807) is 6.20 Å². The van der Waals surface area contributed by atoms with Crippen molar-refractivity contribution in [3.05, 3.63) is 34.4 Å². The first kappa shape index (κ1) is 16.1. The number of halogens is 1. The number of carbonyl (C=O) groups is 2. The Morgan fingerprint density at radius 1 is 1.39 bits per heavy atom. The summed E-state index contributed by atoms with van der Waals surface area (Å²) in [5.74, 6) is -1.62. The fraction of sp³-hybridized carbons (Fsp3) is 0.412. The Morgan fingerprint density at radius 2 is 2.17 bits per heavy atom. The predicted molar refractivity (Wildman–Crippen MR) is 91.5 cm³/mol. The highest BCUT2D eigenvalue weighted by molar-refractivity contribution is 9.10. The molecule has 1 aliphatic rings. The fourth-order valence-corrected chi connectivity index (χ4v) is 4.10. The van der Waals surface area contributed by atoms with E-state index in [4.69, 9.17) is 0 Å². The monoisotopic (exact) mass is 378 g/mol. The molecule has 0 bridgehead atoms. The van der Waals surface area contributed by atoms with Crippen LogP contribution in [-0.2, 0) is 4.79 Å². The summed E-state index contributed by atoms with van der Waals surface area (Å²) < 4.78 is 0.838. The Balaban J connectivity index is 1.92. The van der Waals surface area contributed by atoms with Gasteiger partial charge in [-0.25, -0.2) is 0 Å².